The molecule has 0 bridgehead atoms. The van der Waals surface area contributed by atoms with Gasteiger partial charge in [-0.05, 0) is 28.1 Å². The third kappa shape index (κ3) is 2.31. The van der Waals surface area contributed by atoms with E-state index in [-0.39, 0.29) is 5.78 Å². The van der Waals surface area contributed by atoms with Crippen molar-refractivity contribution in [1.82, 2.24) is 0 Å². The lowest BCUT2D eigenvalue weighted by Gasteiger charge is -2.11. The fourth-order valence-corrected chi connectivity index (χ4v) is 1.97. The normalized spacial score (nSPS) is 9.87. The summed E-state index contributed by atoms with van der Waals surface area (Å²) in [5, 5.41) is 0. The summed E-state index contributed by atoms with van der Waals surface area (Å²) in [4.78, 5) is 11.6. The van der Waals surface area contributed by atoms with Gasteiger partial charge in [0.05, 0.1) is 19.8 Å². The Labute approximate surface area is 97.5 Å². The van der Waals surface area contributed by atoms with Crippen molar-refractivity contribution >= 4 is 21.7 Å². The number of halogens is 1. The van der Waals surface area contributed by atoms with Crippen LogP contribution < -0.4 is 9.47 Å². The van der Waals surface area contributed by atoms with E-state index in [1.807, 2.05) is 6.92 Å². The molecule has 0 aromatic heterocycles. The van der Waals surface area contributed by atoms with Gasteiger partial charge in [-0.2, -0.15) is 0 Å². The molecule has 0 saturated carbocycles. The van der Waals surface area contributed by atoms with Crippen molar-refractivity contribution in [2.75, 3.05) is 14.2 Å². The van der Waals surface area contributed by atoms with Gasteiger partial charge >= 0.3 is 0 Å². The zero-order valence-corrected chi connectivity index (χ0v) is 10.6. The highest BCUT2D eigenvalue weighted by Gasteiger charge is 2.16. The second kappa shape index (κ2) is 5.16. The summed E-state index contributed by atoms with van der Waals surface area (Å²) in [6.07, 6.45) is 0.454. The molecule has 1 aromatic rings. The number of methoxy groups -OCH3 is 2. The molecule has 1 aromatic carbocycles. The van der Waals surface area contributed by atoms with Gasteiger partial charge in [-0.25, -0.2) is 0 Å². The molecular formula is C11H13BrO3. The molecule has 0 fully saturated rings. The van der Waals surface area contributed by atoms with Crippen LogP contribution in [0.15, 0.2) is 16.6 Å². The van der Waals surface area contributed by atoms with Crippen LogP contribution in [0.5, 0.6) is 11.5 Å². The molecule has 15 heavy (non-hydrogen) atoms. The van der Waals surface area contributed by atoms with Crippen LogP contribution in [0.25, 0.3) is 0 Å². The van der Waals surface area contributed by atoms with Gasteiger partial charge in [-0.1, -0.05) is 6.92 Å². The lowest BCUT2D eigenvalue weighted by molar-refractivity contribution is 0.0985. The Morgan fingerprint density at radius 3 is 2.47 bits per heavy atom. The lowest BCUT2D eigenvalue weighted by atomic mass is 10.1. The Morgan fingerprint density at radius 2 is 2.00 bits per heavy atom. The van der Waals surface area contributed by atoms with Gasteiger partial charge in [0.15, 0.2) is 5.78 Å². The van der Waals surface area contributed by atoms with Crippen molar-refractivity contribution in [1.29, 1.82) is 0 Å². The summed E-state index contributed by atoms with van der Waals surface area (Å²) in [5.41, 5.74) is 0.577. The minimum atomic E-state index is 0.0511. The number of carbonyl (C=O) groups excluding carboxylic acids is 1. The molecule has 4 heteroatoms. The van der Waals surface area contributed by atoms with Gasteiger partial charge in [0, 0.05) is 6.42 Å². The summed E-state index contributed by atoms with van der Waals surface area (Å²) in [7, 11) is 3.10. The van der Waals surface area contributed by atoms with Crippen molar-refractivity contribution in [2.45, 2.75) is 13.3 Å². The van der Waals surface area contributed by atoms with Crippen molar-refractivity contribution in [2.24, 2.45) is 0 Å². The van der Waals surface area contributed by atoms with Crippen molar-refractivity contribution in [3.05, 3.63) is 22.2 Å². The molecule has 0 amide bonds. The fourth-order valence-electron chi connectivity index (χ4n) is 1.31. The maximum absolute atomic E-state index is 11.6. The maximum atomic E-state index is 11.6. The predicted octanol–water partition coefficient (Wildman–Crippen LogP) is 3.06. The minimum Gasteiger partial charge on any atom is -0.495 e. The number of ketones is 1. The number of rotatable bonds is 4. The predicted molar refractivity (Wildman–Crippen MR) is 61.9 cm³/mol. The maximum Gasteiger partial charge on any atom is 0.166 e. The summed E-state index contributed by atoms with van der Waals surface area (Å²) in [6.45, 7) is 1.82. The number of hydrogen-bond donors (Lipinski definition) is 0. The first-order valence-electron chi connectivity index (χ1n) is 4.59. The van der Waals surface area contributed by atoms with Gasteiger partial charge < -0.3 is 9.47 Å². The molecule has 0 aliphatic carbocycles. The Balaban J connectivity index is 3.30. The average Bonchev–Trinajstić information content (AvgIpc) is 2.27. The minimum absolute atomic E-state index is 0.0511. The molecule has 0 aliphatic heterocycles. The average molecular weight is 273 g/mol. The van der Waals surface area contributed by atoms with E-state index in [0.29, 0.717) is 28.0 Å². The van der Waals surface area contributed by atoms with Crippen molar-refractivity contribution in [3.8, 4) is 11.5 Å². The largest absolute Gasteiger partial charge is 0.495 e. The van der Waals surface area contributed by atoms with E-state index in [9.17, 15) is 4.79 Å². The lowest BCUT2D eigenvalue weighted by Crippen LogP contribution is -2.02. The zero-order chi connectivity index (χ0) is 11.4. The van der Waals surface area contributed by atoms with Gasteiger partial charge in [-0.15, -0.1) is 0 Å². The third-order valence-electron chi connectivity index (χ3n) is 2.11. The Kier molecular flexibility index (Phi) is 4.15. The molecular weight excluding hydrogens is 260 g/mol. The first-order chi connectivity index (χ1) is 7.15. The number of benzene rings is 1. The standard InChI is InChI=1S/C11H13BrO3/c1-4-8(13)7-5-6-9(14-2)10(12)11(7)15-3/h5-6H,4H2,1-3H3. The molecule has 0 radical (unpaired) electrons. The van der Waals surface area contributed by atoms with E-state index >= 15 is 0 Å². The Morgan fingerprint density at radius 1 is 1.33 bits per heavy atom. The van der Waals surface area contributed by atoms with E-state index in [1.54, 1.807) is 19.2 Å². The third-order valence-corrected chi connectivity index (χ3v) is 2.86. The van der Waals surface area contributed by atoms with E-state index in [4.69, 9.17) is 9.47 Å². The summed E-state index contributed by atoms with van der Waals surface area (Å²) in [6, 6.07) is 3.46. The van der Waals surface area contributed by atoms with Gasteiger partial charge in [0.1, 0.15) is 16.0 Å². The molecule has 0 unspecified atom stereocenters. The van der Waals surface area contributed by atoms with Crippen LogP contribution in [-0.4, -0.2) is 20.0 Å². The fraction of sp³-hybridized carbons (Fsp3) is 0.364. The molecule has 3 nitrogen and oxygen atoms in total. The van der Waals surface area contributed by atoms with Crippen LogP contribution in [0.1, 0.15) is 23.7 Å². The molecule has 0 atom stereocenters. The van der Waals surface area contributed by atoms with Crippen molar-refractivity contribution < 1.29 is 14.3 Å². The highest BCUT2D eigenvalue weighted by Crippen LogP contribution is 2.37. The number of ether oxygens (including phenoxy) is 2. The second-order valence-electron chi connectivity index (χ2n) is 2.94. The van der Waals surface area contributed by atoms with Crippen LogP contribution in [0.4, 0.5) is 0 Å². The Hall–Kier alpha value is -1.03. The first-order valence-corrected chi connectivity index (χ1v) is 5.38. The molecule has 0 N–H and O–H groups in total. The van der Waals surface area contributed by atoms with E-state index in [1.165, 1.54) is 7.11 Å². The van der Waals surface area contributed by atoms with E-state index in [0.717, 1.165) is 0 Å². The molecule has 0 heterocycles. The van der Waals surface area contributed by atoms with E-state index < -0.39 is 0 Å². The SMILES string of the molecule is CCC(=O)c1ccc(OC)c(Br)c1OC. The summed E-state index contributed by atoms with van der Waals surface area (Å²) < 4.78 is 11.0. The summed E-state index contributed by atoms with van der Waals surface area (Å²) >= 11 is 3.35. The second-order valence-corrected chi connectivity index (χ2v) is 3.73. The quantitative estimate of drug-likeness (QED) is 0.791. The number of hydrogen-bond acceptors (Lipinski definition) is 3. The smallest absolute Gasteiger partial charge is 0.166 e. The first kappa shape index (κ1) is 12.0. The van der Waals surface area contributed by atoms with Gasteiger partial charge in [0.2, 0.25) is 0 Å². The monoisotopic (exact) mass is 272 g/mol. The zero-order valence-electron chi connectivity index (χ0n) is 8.96. The number of carbonyl (C=O) groups is 1. The molecule has 1 rings (SSSR count). The van der Waals surface area contributed by atoms with Gasteiger partial charge in [-0.3, -0.25) is 4.79 Å². The van der Waals surface area contributed by atoms with Crippen molar-refractivity contribution in [3.63, 3.8) is 0 Å². The highest BCUT2D eigenvalue weighted by atomic mass is 79.9. The van der Waals surface area contributed by atoms with Crippen LogP contribution >= 0.6 is 15.9 Å². The van der Waals surface area contributed by atoms with Crippen LogP contribution in [0, 0.1) is 0 Å². The number of Topliss-reactive ketones (excluding diaryl/α,β-unsaturated/α-hetero) is 1. The van der Waals surface area contributed by atoms with E-state index in [2.05, 4.69) is 15.9 Å². The van der Waals surface area contributed by atoms with Crippen LogP contribution in [0.3, 0.4) is 0 Å². The topological polar surface area (TPSA) is 35.5 Å². The van der Waals surface area contributed by atoms with Gasteiger partial charge in [0.25, 0.3) is 0 Å². The van der Waals surface area contributed by atoms with Crippen LogP contribution in [-0.2, 0) is 0 Å². The molecule has 82 valence electrons. The summed E-state index contributed by atoms with van der Waals surface area (Å²) in [5.74, 6) is 1.23. The Bertz CT molecular complexity index is 374. The molecule has 0 spiro atoms. The molecule has 0 aliphatic rings. The van der Waals surface area contributed by atoms with Crippen LogP contribution in [0.2, 0.25) is 0 Å². The molecule has 0 saturated heterocycles. The highest BCUT2D eigenvalue weighted by molar-refractivity contribution is 9.10.